The first-order valence-electron chi connectivity index (χ1n) is 4.34. The van der Waals surface area contributed by atoms with Crippen LogP contribution in [0.5, 0.6) is 0 Å². The Balaban J connectivity index is 1.90. The van der Waals surface area contributed by atoms with Gasteiger partial charge in [-0.2, -0.15) is 11.3 Å². The van der Waals surface area contributed by atoms with Gasteiger partial charge in [0.05, 0.1) is 19.8 Å². The second-order valence-corrected chi connectivity index (χ2v) is 3.42. The molecule has 2 N–H and O–H groups in total. The van der Waals surface area contributed by atoms with Crippen molar-refractivity contribution in [3.05, 3.63) is 22.4 Å². The van der Waals surface area contributed by atoms with E-state index in [0.29, 0.717) is 13.2 Å². The first kappa shape index (κ1) is 10.7. The molecule has 0 aliphatic rings. The number of hydrogen-bond donors (Lipinski definition) is 2. The Bertz CT molecular complexity index is 201. The lowest BCUT2D eigenvalue weighted by molar-refractivity contribution is 0.0938. The Morgan fingerprint density at radius 1 is 1.46 bits per heavy atom. The van der Waals surface area contributed by atoms with E-state index in [2.05, 4.69) is 22.1 Å². The third-order valence-corrected chi connectivity index (χ3v) is 2.30. The summed E-state index contributed by atoms with van der Waals surface area (Å²) < 4.78 is 5.09. The van der Waals surface area contributed by atoms with Crippen molar-refractivity contribution >= 4 is 11.3 Å². The monoisotopic (exact) mass is 201 g/mol. The molecule has 0 saturated carbocycles. The average molecular weight is 201 g/mol. The highest BCUT2D eigenvalue weighted by molar-refractivity contribution is 7.07. The molecule has 0 fully saturated rings. The van der Waals surface area contributed by atoms with Crippen LogP contribution in [0.2, 0.25) is 0 Å². The maximum atomic E-state index is 8.43. The molecule has 0 saturated heterocycles. The summed E-state index contributed by atoms with van der Waals surface area (Å²) in [7, 11) is 0. The van der Waals surface area contributed by atoms with Gasteiger partial charge in [0.25, 0.3) is 0 Å². The van der Waals surface area contributed by atoms with Crippen molar-refractivity contribution in [2.75, 3.05) is 26.4 Å². The van der Waals surface area contributed by atoms with Crippen LogP contribution in [-0.2, 0) is 11.3 Å². The molecule has 0 aliphatic heterocycles. The predicted octanol–water partition coefficient (Wildman–Crippen LogP) is 0.847. The van der Waals surface area contributed by atoms with Gasteiger partial charge in [0.1, 0.15) is 0 Å². The van der Waals surface area contributed by atoms with Crippen LogP contribution in [-0.4, -0.2) is 31.5 Å². The number of aliphatic hydroxyl groups excluding tert-OH is 1. The van der Waals surface area contributed by atoms with Crippen molar-refractivity contribution in [1.29, 1.82) is 0 Å². The molecule has 3 nitrogen and oxygen atoms in total. The van der Waals surface area contributed by atoms with Gasteiger partial charge in [-0.1, -0.05) is 0 Å². The minimum Gasteiger partial charge on any atom is -0.394 e. The van der Waals surface area contributed by atoms with Gasteiger partial charge in [-0.3, -0.25) is 0 Å². The van der Waals surface area contributed by atoms with Crippen molar-refractivity contribution in [2.45, 2.75) is 6.54 Å². The van der Waals surface area contributed by atoms with Crippen LogP contribution in [0.4, 0.5) is 0 Å². The minimum atomic E-state index is 0.102. The van der Waals surface area contributed by atoms with E-state index < -0.39 is 0 Å². The standard InChI is InChI=1S/C9H15NO2S/c11-3-5-12-4-2-10-7-9-1-6-13-8-9/h1,6,8,10-11H,2-5,7H2. The van der Waals surface area contributed by atoms with E-state index in [4.69, 9.17) is 9.84 Å². The van der Waals surface area contributed by atoms with Crippen molar-refractivity contribution in [3.63, 3.8) is 0 Å². The number of nitrogens with one attached hydrogen (secondary N) is 1. The molecule has 13 heavy (non-hydrogen) atoms. The zero-order valence-electron chi connectivity index (χ0n) is 7.53. The summed E-state index contributed by atoms with van der Waals surface area (Å²) >= 11 is 1.71. The summed E-state index contributed by atoms with van der Waals surface area (Å²) in [5, 5.41) is 15.9. The molecular weight excluding hydrogens is 186 g/mol. The van der Waals surface area contributed by atoms with Crippen LogP contribution in [0, 0.1) is 0 Å². The molecule has 1 aromatic rings. The van der Waals surface area contributed by atoms with E-state index in [0.717, 1.165) is 13.1 Å². The van der Waals surface area contributed by atoms with Gasteiger partial charge in [0, 0.05) is 13.1 Å². The van der Waals surface area contributed by atoms with Crippen LogP contribution in [0.15, 0.2) is 16.8 Å². The van der Waals surface area contributed by atoms with Gasteiger partial charge in [0.2, 0.25) is 0 Å². The van der Waals surface area contributed by atoms with Crippen LogP contribution in [0.25, 0.3) is 0 Å². The Hall–Kier alpha value is -0.420. The number of rotatable bonds is 7. The maximum Gasteiger partial charge on any atom is 0.0698 e. The fourth-order valence-corrected chi connectivity index (χ4v) is 1.61. The highest BCUT2D eigenvalue weighted by Crippen LogP contribution is 2.04. The zero-order chi connectivity index (χ0) is 9.36. The molecule has 0 aliphatic carbocycles. The second-order valence-electron chi connectivity index (χ2n) is 2.64. The molecule has 0 bridgehead atoms. The Morgan fingerprint density at radius 2 is 2.38 bits per heavy atom. The second kappa shape index (κ2) is 7.03. The van der Waals surface area contributed by atoms with Gasteiger partial charge in [-0.05, 0) is 22.4 Å². The van der Waals surface area contributed by atoms with Crippen LogP contribution < -0.4 is 5.32 Å². The lowest BCUT2D eigenvalue weighted by atomic mass is 10.3. The summed E-state index contributed by atoms with van der Waals surface area (Å²) in [4.78, 5) is 0. The Morgan fingerprint density at radius 3 is 3.08 bits per heavy atom. The van der Waals surface area contributed by atoms with E-state index in [-0.39, 0.29) is 6.61 Å². The van der Waals surface area contributed by atoms with E-state index in [1.165, 1.54) is 5.56 Å². The minimum absolute atomic E-state index is 0.102. The lowest BCUT2D eigenvalue weighted by Crippen LogP contribution is -2.19. The summed E-state index contributed by atoms with van der Waals surface area (Å²) in [6.07, 6.45) is 0. The molecule has 74 valence electrons. The van der Waals surface area contributed by atoms with E-state index >= 15 is 0 Å². The van der Waals surface area contributed by atoms with Crippen molar-refractivity contribution in [1.82, 2.24) is 5.32 Å². The molecule has 0 aromatic carbocycles. The van der Waals surface area contributed by atoms with Gasteiger partial charge in [0.15, 0.2) is 0 Å². The third-order valence-electron chi connectivity index (χ3n) is 1.57. The van der Waals surface area contributed by atoms with E-state index in [1.54, 1.807) is 11.3 Å². The fraction of sp³-hybridized carbons (Fsp3) is 0.556. The molecule has 0 radical (unpaired) electrons. The molecule has 1 aromatic heterocycles. The molecule has 0 amide bonds. The summed E-state index contributed by atoms with van der Waals surface area (Å²) in [6, 6.07) is 2.10. The quantitative estimate of drug-likeness (QED) is 0.643. The molecule has 1 rings (SSSR count). The highest BCUT2D eigenvalue weighted by atomic mass is 32.1. The van der Waals surface area contributed by atoms with E-state index in [1.807, 2.05) is 0 Å². The first-order valence-corrected chi connectivity index (χ1v) is 5.28. The topological polar surface area (TPSA) is 41.5 Å². The fourth-order valence-electron chi connectivity index (χ4n) is 0.937. The third kappa shape index (κ3) is 5.00. The average Bonchev–Trinajstić information content (AvgIpc) is 2.63. The molecule has 1 heterocycles. The largest absolute Gasteiger partial charge is 0.394 e. The molecule has 0 spiro atoms. The predicted molar refractivity (Wildman–Crippen MR) is 53.9 cm³/mol. The Labute approximate surface area is 82.4 Å². The van der Waals surface area contributed by atoms with E-state index in [9.17, 15) is 0 Å². The summed E-state index contributed by atoms with van der Waals surface area (Å²) in [5.74, 6) is 0. The zero-order valence-corrected chi connectivity index (χ0v) is 8.35. The molecule has 0 unspecified atom stereocenters. The molecule has 4 heteroatoms. The first-order chi connectivity index (χ1) is 6.43. The number of ether oxygens (including phenoxy) is 1. The van der Waals surface area contributed by atoms with Crippen molar-refractivity contribution < 1.29 is 9.84 Å². The van der Waals surface area contributed by atoms with Crippen LogP contribution in [0.1, 0.15) is 5.56 Å². The lowest BCUT2D eigenvalue weighted by Gasteiger charge is -2.03. The normalized spacial score (nSPS) is 10.5. The number of hydrogen-bond acceptors (Lipinski definition) is 4. The summed E-state index contributed by atoms with van der Waals surface area (Å²) in [6.45, 7) is 2.91. The Kier molecular flexibility index (Phi) is 5.76. The maximum absolute atomic E-state index is 8.43. The molecule has 0 atom stereocenters. The smallest absolute Gasteiger partial charge is 0.0698 e. The SMILES string of the molecule is OCCOCCNCc1ccsc1. The van der Waals surface area contributed by atoms with Crippen molar-refractivity contribution in [2.24, 2.45) is 0 Å². The number of aliphatic hydroxyl groups is 1. The summed E-state index contributed by atoms with van der Waals surface area (Å²) in [5.41, 5.74) is 1.31. The van der Waals surface area contributed by atoms with Gasteiger partial charge in [-0.25, -0.2) is 0 Å². The van der Waals surface area contributed by atoms with Crippen LogP contribution >= 0.6 is 11.3 Å². The number of thiophene rings is 1. The van der Waals surface area contributed by atoms with Gasteiger partial charge < -0.3 is 15.2 Å². The van der Waals surface area contributed by atoms with Gasteiger partial charge in [-0.15, -0.1) is 0 Å². The van der Waals surface area contributed by atoms with Gasteiger partial charge >= 0.3 is 0 Å². The molecular formula is C9H15NO2S. The van der Waals surface area contributed by atoms with Crippen LogP contribution in [0.3, 0.4) is 0 Å². The van der Waals surface area contributed by atoms with Crippen molar-refractivity contribution in [3.8, 4) is 0 Å². The highest BCUT2D eigenvalue weighted by Gasteiger charge is 1.91.